The summed E-state index contributed by atoms with van der Waals surface area (Å²) in [7, 11) is 0. The Bertz CT molecular complexity index is 494. The first-order valence-electron chi connectivity index (χ1n) is 5.47. The van der Waals surface area contributed by atoms with Crippen LogP contribution >= 0.6 is 0 Å². The van der Waals surface area contributed by atoms with Crippen LogP contribution in [0.2, 0.25) is 0 Å². The number of aliphatic hydroxyl groups is 1. The smallest absolute Gasteiger partial charge is 0.224 e. The SMILES string of the molecule is CC(C)n1cc(Oc2ncccc2CO)cn1. The number of aliphatic hydroxyl groups excluding tert-OH is 1. The Labute approximate surface area is 99.7 Å². The van der Waals surface area contributed by atoms with Crippen LogP contribution in [0, 0.1) is 0 Å². The fourth-order valence-electron chi connectivity index (χ4n) is 1.40. The van der Waals surface area contributed by atoms with E-state index in [0.29, 0.717) is 17.2 Å². The molecule has 0 aromatic carbocycles. The van der Waals surface area contributed by atoms with Crippen LogP contribution < -0.4 is 4.74 Å². The molecule has 5 heteroatoms. The molecular formula is C12H15N3O2. The van der Waals surface area contributed by atoms with Crippen LogP contribution in [0.3, 0.4) is 0 Å². The van der Waals surface area contributed by atoms with E-state index in [-0.39, 0.29) is 12.6 Å². The van der Waals surface area contributed by atoms with Gasteiger partial charge < -0.3 is 9.84 Å². The van der Waals surface area contributed by atoms with Crippen molar-refractivity contribution in [3.05, 3.63) is 36.3 Å². The molecule has 2 aromatic heterocycles. The largest absolute Gasteiger partial charge is 0.435 e. The molecule has 0 fully saturated rings. The normalized spacial score (nSPS) is 10.8. The number of aromatic nitrogens is 3. The summed E-state index contributed by atoms with van der Waals surface area (Å²) >= 11 is 0. The van der Waals surface area contributed by atoms with E-state index < -0.39 is 0 Å². The first-order chi connectivity index (χ1) is 8.20. The molecule has 0 radical (unpaired) electrons. The van der Waals surface area contributed by atoms with Crippen LogP contribution in [0.4, 0.5) is 0 Å². The van der Waals surface area contributed by atoms with Gasteiger partial charge in [0, 0.05) is 17.8 Å². The molecule has 0 aliphatic rings. The standard InChI is InChI=1S/C12H15N3O2/c1-9(2)15-7-11(6-14-15)17-12-10(8-16)4-3-5-13-12/h3-7,9,16H,8H2,1-2H3. The van der Waals surface area contributed by atoms with Gasteiger partial charge in [0.2, 0.25) is 5.88 Å². The number of rotatable bonds is 4. The summed E-state index contributed by atoms with van der Waals surface area (Å²) in [6, 6.07) is 3.82. The molecule has 2 aromatic rings. The Morgan fingerprint density at radius 3 is 2.94 bits per heavy atom. The fraction of sp³-hybridized carbons (Fsp3) is 0.333. The van der Waals surface area contributed by atoms with E-state index in [9.17, 15) is 0 Å². The monoisotopic (exact) mass is 233 g/mol. The average molecular weight is 233 g/mol. The van der Waals surface area contributed by atoms with E-state index in [1.807, 2.05) is 13.8 Å². The van der Waals surface area contributed by atoms with Crippen molar-refractivity contribution in [2.45, 2.75) is 26.5 Å². The van der Waals surface area contributed by atoms with Crippen molar-refractivity contribution in [2.24, 2.45) is 0 Å². The fourth-order valence-corrected chi connectivity index (χ4v) is 1.40. The summed E-state index contributed by atoms with van der Waals surface area (Å²) < 4.78 is 7.38. The summed E-state index contributed by atoms with van der Waals surface area (Å²) in [4.78, 5) is 4.08. The minimum absolute atomic E-state index is 0.0957. The van der Waals surface area contributed by atoms with Crippen LogP contribution in [0.25, 0.3) is 0 Å². The minimum Gasteiger partial charge on any atom is -0.435 e. The van der Waals surface area contributed by atoms with Gasteiger partial charge in [-0.3, -0.25) is 4.68 Å². The first kappa shape index (κ1) is 11.6. The molecule has 0 amide bonds. The van der Waals surface area contributed by atoms with Crippen LogP contribution in [-0.2, 0) is 6.61 Å². The van der Waals surface area contributed by atoms with Gasteiger partial charge in [-0.25, -0.2) is 4.98 Å². The molecule has 0 bridgehead atoms. The highest BCUT2D eigenvalue weighted by atomic mass is 16.5. The van der Waals surface area contributed by atoms with Gasteiger partial charge in [0.15, 0.2) is 5.75 Å². The van der Waals surface area contributed by atoms with Gasteiger partial charge in [0.1, 0.15) is 0 Å². The minimum atomic E-state index is -0.0957. The maximum Gasteiger partial charge on any atom is 0.224 e. The van der Waals surface area contributed by atoms with E-state index >= 15 is 0 Å². The molecule has 0 aliphatic heterocycles. The van der Waals surface area contributed by atoms with Crippen molar-refractivity contribution in [3.63, 3.8) is 0 Å². The third kappa shape index (κ3) is 2.62. The second kappa shape index (κ2) is 4.97. The molecule has 0 unspecified atom stereocenters. The van der Waals surface area contributed by atoms with Gasteiger partial charge in [-0.15, -0.1) is 0 Å². The predicted octanol–water partition coefficient (Wildman–Crippen LogP) is 2.14. The lowest BCUT2D eigenvalue weighted by Crippen LogP contribution is -1.99. The third-order valence-corrected chi connectivity index (χ3v) is 2.34. The maximum atomic E-state index is 9.15. The summed E-state index contributed by atoms with van der Waals surface area (Å²) in [6.45, 7) is 3.98. The van der Waals surface area contributed by atoms with Gasteiger partial charge >= 0.3 is 0 Å². The lowest BCUT2D eigenvalue weighted by atomic mass is 10.3. The highest BCUT2D eigenvalue weighted by Crippen LogP contribution is 2.22. The Kier molecular flexibility index (Phi) is 3.39. The first-order valence-corrected chi connectivity index (χ1v) is 5.47. The molecular weight excluding hydrogens is 218 g/mol. The zero-order valence-electron chi connectivity index (χ0n) is 9.87. The molecule has 0 spiro atoms. The Hall–Kier alpha value is -1.88. The highest BCUT2D eigenvalue weighted by Gasteiger charge is 2.07. The van der Waals surface area contributed by atoms with Crippen LogP contribution in [0.5, 0.6) is 11.6 Å². The molecule has 0 atom stereocenters. The van der Waals surface area contributed by atoms with Crippen molar-refractivity contribution in [3.8, 4) is 11.6 Å². The number of ether oxygens (including phenoxy) is 1. The van der Waals surface area contributed by atoms with Crippen molar-refractivity contribution < 1.29 is 9.84 Å². The summed E-state index contributed by atoms with van der Waals surface area (Å²) in [5.74, 6) is 1.03. The summed E-state index contributed by atoms with van der Waals surface area (Å²) in [5, 5.41) is 13.3. The second-order valence-electron chi connectivity index (χ2n) is 3.98. The number of hydrogen-bond acceptors (Lipinski definition) is 4. The topological polar surface area (TPSA) is 60.2 Å². The predicted molar refractivity (Wildman–Crippen MR) is 62.8 cm³/mol. The number of pyridine rings is 1. The molecule has 2 heterocycles. The molecule has 0 saturated heterocycles. The van der Waals surface area contributed by atoms with E-state index in [1.54, 1.807) is 35.4 Å². The summed E-state index contributed by atoms with van der Waals surface area (Å²) in [6.07, 6.45) is 5.07. The highest BCUT2D eigenvalue weighted by molar-refractivity contribution is 5.29. The lowest BCUT2D eigenvalue weighted by molar-refractivity contribution is 0.275. The average Bonchev–Trinajstić information content (AvgIpc) is 2.78. The molecule has 0 saturated carbocycles. The third-order valence-electron chi connectivity index (χ3n) is 2.34. The van der Waals surface area contributed by atoms with Crippen molar-refractivity contribution in [2.75, 3.05) is 0 Å². The Balaban J connectivity index is 2.19. The van der Waals surface area contributed by atoms with Gasteiger partial charge in [-0.05, 0) is 26.0 Å². The number of nitrogens with zero attached hydrogens (tertiary/aromatic N) is 3. The molecule has 90 valence electrons. The van der Waals surface area contributed by atoms with Crippen molar-refractivity contribution >= 4 is 0 Å². The van der Waals surface area contributed by atoms with Gasteiger partial charge in [0.25, 0.3) is 0 Å². The van der Waals surface area contributed by atoms with Crippen LogP contribution in [0.15, 0.2) is 30.7 Å². The van der Waals surface area contributed by atoms with Gasteiger partial charge in [-0.1, -0.05) is 0 Å². The molecule has 17 heavy (non-hydrogen) atoms. The molecule has 0 aliphatic carbocycles. The van der Waals surface area contributed by atoms with E-state index in [4.69, 9.17) is 9.84 Å². The lowest BCUT2D eigenvalue weighted by Gasteiger charge is -2.06. The zero-order valence-corrected chi connectivity index (χ0v) is 9.87. The van der Waals surface area contributed by atoms with Crippen molar-refractivity contribution in [1.29, 1.82) is 0 Å². The summed E-state index contributed by atoms with van der Waals surface area (Å²) in [5.41, 5.74) is 0.657. The molecule has 5 nitrogen and oxygen atoms in total. The molecule has 2 rings (SSSR count). The van der Waals surface area contributed by atoms with Crippen LogP contribution in [-0.4, -0.2) is 19.9 Å². The van der Waals surface area contributed by atoms with E-state index in [2.05, 4.69) is 10.1 Å². The Morgan fingerprint density at radius 2 is 2.29 bits per heavy atom. The van der Waals surface area contributed by atoms with Gasteiger partial charge in [0.05, 0.1) is 19.0 Å². The zero-order chi connectivity index (χ0) is 12.3. The Morgan fingerprint density at radius 1 is 1.47 bits per heavy atom. The quantitative estimate of drug-likeness (QED) is 0.878. The van der Waals surface area contributed by atoms with Crippen molar-refractivity contribution in [1.82, 2.24) is 14.8 Å². The van der Waals surface area contributed by atoms with Crippen LogP contribution in [0.1, 0.15) is 25.5 Å². The number of hydrogen-bond donors (Lipinski definition) is 1. The second-order valence-corrected chi connectivity index (χ2v) is 3.98. The molecule has 1 N–H and O–H groups in total. The van der Waals surface area contributed by atoms with Gasteiger partial charge in [-0.2, -0.15) is 5.10 Å². The maximum absolute atomic E-state index is 9.15. The van der Waals surface area contributed by atoms with E-state index in [0.717, 1.165) is 0 Å². The van der Waals surface area contributed by atoms with E-state index in [1.165, 1.54) is 0 Å².